The molecule has 0 saturated carbocycles. The number of carbonyl (C=O) groups excluding carboxylic acids is 1. The van der Waals surface area contributed by atoms with Gasteiger partial charge in [0, 0.05) is 22.1 Å². The molecule has 0 aliphatic heterocycles. The van der Waals surface area contributed by atoms with Crippen molar-refractivity contribution in [2.45, 2.75) is 6.92 Å². The number of aryl methyl sites for hydroxylation is 1. The van der Waals surface area contributed by atoms with E-state index >= 15 is 0 Å². The average Bonchev–Trinajstić information content (AvgIpc) is 2.60. The zero-order valence-electron chi connectivity index (χ0n) is 13.6. The fourth-order valence-electron chi connectivity index (χ4n) is 2.17. The van der Waals surface area contributed by atoms with Crippen molar-refractivity contribution < 1.29 is 9.18 Å². The number of anilines is 3. The number of halogens is 3. The molecule has 0 fully saturated rings. The summed E-state index contributed by atoms with van der Waals surface area (Å²) in [4.78, 5) is 20.9. The highest BCUT2D eigenvalue weighted by Crippen LogP contribution is 2.21. The first-order valence-corrected chi connectivity index (χ1v) is 8.31. The van der Waals surface area contributed by atoms with Gasteiger partial charge in [-0.25, -0.2) is 14.4 Å². The predicted molar refractivity (Wildman–Crippen MR) is 101 cm³/mol. The SMILES string of the molecule is Cc1cc(C(=O)Nc2ccc(F)c(Cl)c2)nc(Nc2ccc(Cl)cc2)n1. The van der Waals surface area contributed by atoms with E-state index in [1.165, 1.54) is 18.2 Å². The van der Waals surface area contributed by atoms with Gasteiger partial charge in [-0.05, 0) is 55.5 Å². The van der Waals surface area contributed by atoms with Crippen molar-refractivity contribution in [3.63, 3.8) is 0 Å². The molecule has 0 atom stereocenters. The summed E-state index contributed by atoms with van der Waals surface area (Å²) in [5, 5.41) is 6.18. The van der Waals surface area contributed by atoms with Crippen molar-refractivity contribution in [3.05, 3.63) is 75.8 Å². The van der Waals surface area contributed by atoms with Gasteiger partial charge in [-0.2, -0.15) is 0 Å². The highest BCUT2D eigenvalue weighted by molar-refractivity contribution is 6.31. The number of carbonyl (C=O) groups is 1. The molecule has 0 unspecified atom stereocenters. The van der Waals surface area contributed by atoms with E-state index in [4.69, 9.17) is 23.2 Å². The van der Waals surface area contributed by atoms with Crippen LogP contribution in [0.2, 0.25) is 10.0 Å². The first kappa shape index (κ1) is 18.1. The fraction of sp³-hybridized carbons (Fsp3) is 0.0556. The predicted octanol–water partition coefficient (Wildman–Crippen LogP) is 5.23. The summed E-state index contributed by atoms with van der Waals surface area (Å²) in [6, 6.07) is 12.5. The maximum Gasteiger partial charge on any atom is 0.274 e. The molecule has 0 aliphatic rings. The van der Waals surface area contributed by atoms with Crippen LogP contribution >= 0.6 is 23.2 Å². The average molecular weight is 391 g/mol. The molecule has 8 heteroatoms. The standard InChI is InChI=1S/C18H13Cl2FN4O/c1-10-8-16(17(26)23-13-6-7-15(21)14(20)9-13)25-18(22-10)24-12-4-2-11(19)3-5-12/h2-9H,1H3,(H,23,26)(H,22,24,25). The van der Waals surface area contributed by atoms with Crippen LogP contribution in [0.1, 0.15) is 16.2 Å². The van der Waals surface area contributed by atoms with Gasteiger partial charge in [0.05, 0.1) is 5.02 Å². The molecular weight excluding hydrogens is 378 g/mol. The van der Waals surface area contributed by atoms with Crippen molar-refractivity contribution >= 4 is 46.4 Å². The molecule has 3 rings (SSSR count). The van der Waals surface area contributed by atoms with E-state index in [-0.39, 0.29) is 16.7 Å². The van der Waals surface area contributed by atoms with Crippen molar-refractivity contribution in [1.29, 1.82) is 0 Å². The van der Waals surface area contributed by atoms with E-state index in [2.05, 4.69) is 20.6 Å². The van der Waals surface area contributed by atoms with Crippen LogP contribution in [0.25, 0.3) is 0 Å². The summed E-state index contributed by atoms with van der Waals surface area (Å²) in [5.41, 5.74) is 1.87. The second-order valence-corrected chi connectivity index (χ2v) is 6.28. The number of amides is 1. The number of benzene rings is 2. The summed E-state index contributed by atoms with van der Waals surface area (Å²) in [6.07, 6.45) is 0. The molecule has 0 saturated heterocycles. The van der Waals surface area contributed by atoms with Gasteiger partial charge >= 0.3 is 0 Å². The van der Waals surface area contributed by atoms with Crippen LogP contribution in [-0.2, 0) is 0 Å². The van der Waals surface area contributed by atoms with Crippen LogP contribution in [-0.4, -0.2) is 15.9 Å². The molecule has 3 aromatic rings. The summed E-state index contributed by atoms with van der Waals surface area (Å²) >= 11 is 11.6. The number of hydrogen-bond donors (Lipinski definition) is 2. The van der Waals surface area contributed by atoms with E-state index in [9.17, 15) is 9.18 Å². The van der Waals surface area contributed by atoms with Crippen LogP contribution < -0.4 is 10.6 Å². The van der Waals surface area contributed by atoms with Crippen molar-refractivity contribution in [3.8, 4) is 0 Å². The lowest BCUT2D eigenvalue weighted by atomic mass is 10.2. The van der Waals surface area contributed by atoms with Crippen LogP contribution in [0.5, 0.6) is 0 Å². The molecule has 26 heavy (non-hydrogen) atoms. The molecule has 0 aliphatic carbocycles. The molecule has 132 valence electrons. The van der Waals surface area contributed by atoms with Crippen LogP contribution in [0.3, 0.4) is 0 Å². The van der Waals surface area contributed by atoms with Gasteiger partial charge in [-0.1, -0.05) is 23.2 Å². The lowest BCUT2D eigenvalue weighted by molar-refractivity contribution is 0.102. The molecule has 1 amide bonds. The molecular formula is C18H13Cl2FN4O. The Bertz CT molecular complexity index is 964. The molecule has 2 aromatic carbocycles. The Morgan fingerprint density at radius 2 is 1.69 bits per heavy atom. The van der Waals surface area contributed by atoms with Crippen molar-refractivity contribution in [2.75, 3.05) is 10.6 Å². The summed E-state index contributed by atoms with van der Waals surface area (Å²) in [7, 11) is 0. The minimum Gasteiger partial charge on any atom is -0.324 e. The Kier molecular flexibility index (Phi) is 5.35. The lowest BCUT2D eigenvalue weighted by Gasteiger charge is -2.09. The number of aromatic nitrogens is 2. The van der Waals surface area contributed by atoms with Crippen LogP contribution in [0.15, 0.2) is 48.5 Å². The molecule has 2 N–H and O–H groups in total. The third-order valence-electron chi connectivity index (χ3n) is 3.36. The van der Waals surface area contributed by atoms with Gasteiger partial charge < -0.3 is 10.6 Å². The number of hydrogen-bond acceptors (Lipinski definition) is 4. The Morgan fingerprint density at radius 3 is 2.38 bits per heavy atom. The molecule has 1 aromatic heterocycles. The smallest absolute Gasteiger partial charge is 0.274 e. The van der Waals surface area contributed by atoms with E-state index in [1.807, 2.05) is 0 Å². The van der Waals surface area contributed by atoms with E-state index < -0.39 is 11.7 Å². The Labute approximate surface area is 159 Å². The van der Waals surface area contributed by atoms with E-state index in [0.717, 1.165) is 5.69 Å². The highest BCUT2D eigenvalue weighted by Gasteiger charge is 2.12. The minimum atomic E-state index is -0.558. The first-order chi connectivity index (χ1) is 12.4. The number of nitrogens with one attached hydrogen (secondary N) is 2. The van der Waals surface area contributed by atoms with Crippen LogP contribution in [0, 0.1) is 12.7 Å². The quantitative estimate of drug-likeness (QED) is 0.640. The summed E-state index contributed by atoms with van der Waals surface area (Å²) in [6.45, 7) is 1.75. The first-order valence-electron chi connectivity index (χ1n) is 7.55. The Hall–Kier alpha value is -2.70. The van der Waals surface area contributed by atoms with Gasteiger partial charge in [0.15, 0.2) is 0 Å². The Balaban J connectivity index is 1.80. The van der Waals surface area contributed by atoms with Crippen molar-refractivity contribution in [1.82, 2.24) is 9.97 Å². The molecule has 0 radical (unpaired) electrons. The zero-order chi connectivity index (χ0) is 18.7. The second kappa shape index (κ2) is 7.68. The minimum absolute atomic E-state index is 0.0771. The molecule has 1 heterocycles. The monoisotopic (exact) mass is 390 g/mol. The molecule has 5 nitrogen and oxygen atoms in total. The highest BCUT2D eigenvalue weighted by atomic mass is 35.5. The van der Waals surface area contributed by atoms with Gasteiger partial charge in [0.25, 0.3) is 5.91 Å². The summed E-state index contributed by atoms with van der Waals surface area (Å²) < 4.78 is 13.2. The number of nitrogens with zero attached hydrogens (tertiary/aromatic N) is 2. The van der Waals surface area contributed by atoms with Gasteiger partial charge in [0.1, 0.15) is 11.5 Å². The third kappa shape index (κ3) is 4.47. The van der Waals surface area contributed by atoms with E-state index in [0.29, 0.717) is 16.4 Å². The Morgan fingerprint density at radius 1 is 1.00 bits per heavy atom. The normalized spacial score (nSPS) is 10.5. The van der Waals surface area contributed by atoms with E-state index in [1.54, 1.807) is 37.3 Å². The molecule has 0 bridgehead atoms. The maximum atomic E-state index is 13.2. The number of rotatable bonds is 4. The molecule has 0 spiro atoms. The largest absolute Gasteiger partial charge is 0.324 e. The van der Waals surface area contributed by atoms with Crippen molar-refractivity contribution in [2.24, 2.45) is 0 Å². The summed E-state index contributed by atoms with van der Waals surface area (Å²) in [5.74, 6) is -0.746. The van der Waals surface area contributed by atoms with Gasteiger partial charge in [-0.15, -0.1) is 0 Å². The lowest BCUT2D eigenvalue weighted by Crippen LogP contribution is -2.15. The third-order valence-corrected chi connectivity index (χ3v) is 3.91. The maximum absolute atomic E-state index is 13.2. The van der Waals surface area contributed by atoms with Gasteiger partial charge in [0.2, 0.25) is 5.95 Å². The van der Waals surface area contributed by atoms with Gasteiger partial charge in [-0.3, -0.25) is 4.79 Å². The van der Waals surface area contributed by atoms with Crippen LogP contribution in [0.4, 0.5) is 21.7 Å². The topological polar surface area (TPSA) is 66.9 Å². The fourth-order valence-corrected chi connectivity index (χ4v) is 2.48. The second-order valence-electron chi connectivity index (χ2n) is 5.43. The zero-order valence-corrected chi connectivity index (χ0v) is 15.1.